The van der Waals surface area contributed by atoms with Crippen LogP contribution < -0.4 is 0 Å². The van der Waals surface area contributed by atoms with Crippen LogP contribution in [0.4, 0.5) is 0 Å². The molecule has 1 nitrogen and oxygen atoms in total. The third-order valence-corrected chi connectivity index (χ3v) is 3.98. The lowest BCUT2D eigenvalue weighted by Gasteiger charge is -2.36. The van der Waals surface area contributed by atoms with Crippen molar-refractivity contribution < 1.29 is 4.79 Å². The zero-order valence-electron chi connectivity index (χ0n) is 7.66. The summed E-state index contributed by atoms with van der Waals surface area (Å²) >= 11 is 1.79. The fraction of sp³-hybridized carbons (Fsp3) is 0.545. The monoisotopic (exact) mass is 194 g/mol. The van der Waals surface area contributed by atoms with Crippen molar-refractivity contribution in [2.45, 2.75) is 32.1 Å². The molecule has 1 heterocycles. The van der Waals surface area contributed by atoms with E-state index in [-0.39, 0.29) is 5.41 Å². The van der Waals surface area contributed by atoms with Gasteiger partial charge in [0.05, 0.1) is 0 Å². The van der Waals surface area contributed by atoms with Gasteiger partial charge >= 0.3 is 0 Å². The molecule has 0 atom stereocenters. The molecule has 0 N–H and O–H groups in total. The van der Waals surface area contributed by atoms with Crippen molar-refractivity contribution >= 4 is 17.6 Å². The van der Waals surface area contributed by atoms with Crippen molar-refractivity contribution in [3.63, 3.8) is 0 Å². The van der Waals surface area contributed by atoms with Crippen LogP contribution in [0, 0.1) is 5.41 Å². The number of carbonyl (C=O) groups is 1. The highest BCUT2D eigenvalue weighted by Crippen LogP contribution is 2.42. The molecule has 0 unspecified atom stereocenters. The van der Waals surface area contributed by atoms with Gasteiger partial charge in [-0.2, -0.15) is 0 Å². The lowest BCUT2D eigenvalue weighted by Crippen LogP contribution is -2.31. The normalized spacial score (nSPS) is 19.4. The Bertz CT molecular complexity index is 272. The molecule has 1 saturated carbocycles. The smallest absolute Gasteiger partial charge is 0.126 e. The molecule has 2 rings (SSSR count). The highest BCUT2D eigenvalue weighted by molar-refractivity contribution is 7.09. The molecular formula is C11H14OS. The third kappa shape index (κ3) is 1.83. The average molecular weight is 194 g/mol. The SMILES string of the molecule is O=CC1(CCc2cccs2)CCC1. The number of carbonyl (C=O) groups excluding carboxylic acids is 1. The summed E-state index contributed by atoms with van der Waals surface area (Å²) in [7, 11) is 0. The van der Waals surface area contributed by atoms with Gasteiger partial charge in [-0.05, 0) is 37.1 Å². The highest BCUT2D eigenvalue weighted by Gasteiger charge is 2.35. The minimum absolute atomic E-state index is 0.0595. The van der Waals surface area contributed by atoms with Crippen LogP contribution in [0.5, 0.6) is 0 Å². The summed E-state index contributed by atoms with van der Waals surface area (Å²) in [5.41, 5.74) is 0.0595. The first-order valence-electron chi connectivity index (χ1n) is 4.83. The standard InChI is InChI=1S/C11H14OS/c12-9-11(5-2-6-11)7-4-10-3-1-8-13-10/h1,3,8-9H,2,4-7H2. The van der Waals surface area contributed by atoms with Gasteiger partial charge in [-0.25, -0.2) is 0 Å². The van der Waals surface area contributed by atoms with E-state index in [1.54, 1.807) is 11.3 Å². The molecule has 1 aliphatic rings. The lowest BCUT2D eigenvalue weighted by atomic mass is 9.67. The Labute approximate surface area is 82.8 Å². The van der Waals surface area contributed by atoms with E-state index in [0.29, 0.717) is 0 Å². The Hall–Kier alpha value is -0.630. The third-order valence-electron chi connectivity index (χ3n) is 3.05. The van der Waals surface area contributed by atoms with Crippen molar-refractivity contribution in [2.24, 2.45) is 5.41 Å². The number of aryl methyl sites for hydroxylation is 1. The van der Waals surface area contributed by atoms with Crippen molar-refractivity contribution in [3.8, 4) is 0 Å². The minimum atomic E-state index is 0.0595. The van der Waals surface area contributed by atoms with Gasteiger partial charge in [-0.1, -0.05) is 12.5 Å². The lowest BCUT2D eigenvalue weighted by molar-refractivity contribution is -0.120. The van der Waals surface area contributed by atoms with Crippen molar-refractivity contribution in [3.05, 3.63) is 22.4 Å². The van der Waals surface area contributed by atoms with Crippen LogP contribution in [0.3, 0.4) is 0 Å². The summed E-state index contributed by atoms with van der Waals surface area (Å²) in [6.07, 6.45) is 6.78. The molecule has 1 aromatic rings. The molecule has 13 heavy (non-hydrogen) atoms. The van der Waals surface area contributed by atoms with Gasteiger partial charge in [0.15, 0.2) is 0 Å². The quantitative estimate of drug-likeness (QED) is 0.673. The first-order chi connectivity index (χ1) is 6.35. The molecule has 1 aliphatic carbocycles. The molecule has 0 amide bonds. The fourth-order valence-electron chi connectivity index (χ4n) is 1.88. The number of thiophene rings is 1. The van der Waals surface area contributed by atoms with Crippen LogP contribution >= 0.6 is 11.3 Å². The van der Waals surface area contributed by atoms with E-state index >= 15 is 0 Å². The summed E-state index contributed by atoms with van der Waals surface area (Å²) in [4.78, 5) is 12.3. The molecule has 0 aromatic carbocycles. The van der Waals surface area contributed by atoms with Crippen LogP contribution in [0.25, 0.3) is 0 Å². The van der Waals surface area contributed by atoms with Crippen LogP contribution in [-0.4, -0.2) is 6.29 Å². The molecule has 70 valence electrons. The topological polar surface area (TPSA) is 17.1 Å². The van der Waals surface area contributed by atoms with Gasteiger partial charge in [-0.15, -0.1) is 11.3 Å². The van der Waals surface area contributed by atoms with E-state index in [4.69, 9.17) is 0 Å². The van der Waals surface area contributed by atoms with Crippen LogP contribution in [0.1, 0.15) is 30.6 Å². The van der Waals surface area contributed by atoms with E-state index in [1.807, 2.05) is 0 Å². The van der Waals surface area contributed by atoms with Gasteiger partial charge < -0.3 is 4.79 Å². The average Bonchev–Trinajstić information content (AvgIpc) is 2.56. The summed E-state index contributed by atoms with van der Waals surface area (Å²) in [6.45, 7) is 0. The van der Waals surface area contributed by atoms with Crippen LogP contribution in [0.2, 0.25) is 0 Å². The molecule has 0 radical (unpaired) electrons. The Kier molecular flexibility index (Phi) is 2.49. The summed E-state index contributed by atoms with van der Waals surface area (Å²) in [5, 5.41) is 2.10. The van der Waals surface area contributed by atoms with E-state index in [0.717, 1.165) is 25.7 Å². The fourth-order valence-corrected chi connectivity index (χ4v) is 2.59. The van der Waals surface area contributed by atoms with Gasteiger partial charge in [0, 0.05) is 10.3 Å². The predicted molar refractivity (Wildman–Crippen MR) is 55.0 cm³/mol. The Morgan fingerprint density at radius 2 is 2.38 bits per heavy atom. The minimum Gasteiger partial charge on any atom is -0.303 e. The first-order valence-corrected chi connectivity index (χ1v) is 5.71. The molecule has 0 saturated heterocycles. The predicted octanol–water partition coefficient (Wildman–Crippen LogP) is 3.05. The van der Waals surface area contributed by atoms with Crippen molar-refractivity contribution in [1.29, 1.82) is 0 Å². The van der Waals surface area contributed by atoms with Crippen LogP contribution in [-0.2, 0) is 11.2 Å². The van der Waals surface area contributed by atoms with Crippen molar-refractivity contribution in [1.82, 2.24) is 0 Å². The van der Waals surface area contributed by atoms with E-state index in [9.17, 15) is 4.79 Å². The summed E-state index contributed by atoms with van der Waals surface area (Å²) < 4.78 is 0. The zero-order chi connectivity index (χ0) is 9.15. The number of hydrogen-bond acceptors (Lipinski definition) is 2. The second-order valence-electron chi connectivity index (χ2n) is 3.91. The van der Waals surface area contributed by atoms with Gasteiger partial charge in [0.1, 0.15) is 6.29 Å². The molecule has 0 bridgehead atoms. The largest absolute Gasteiger partial charge is 0.303 e. The maximum Gasteiger partial charge on any atom is 0.126 e. The number of hydrogen-bond donors (Lipinski definition) is 0. The Morgan fingerprint density at radius 1 is 1.54 bits per heavy atom. The molecule has 1 aromatic heterocycles. The summed E-state index contributed by atoms with van der Waals surface area (Å²) in [6, 6.07) is 4.23. The molecule has 0 aliphatic heterocycles. The number of rotatable bonds is 4. The van der Waals surface area contributed by atoms with Crippen LogP contribution in [0.15, 0.2) is 17.5 Å². The number of aldehydes is 1. The van der Waals surface area contributed by atoms with E-state index < -0.39 is 0 Å². The van der Waals surface area contributed by atoms with E-state index in [2.05, 4.69) is 17.5 Å². The van der Waals surface area contributed by atoms with Crippen molar-refractivity contribution in [2.75, 3.05) is 0 Å². The van der Waals surface area contributed by atoms with Gasteiger partial charge in [0.25, 0.3) is 0 Å². The molecule has 0 spiro atoms. The molecule has 2 heteroatoms. The maximum atomic E-state index is 10.9. The van der Waals surface area contributed by atoms with Gasteiger partial charge in [-0.3, -0.25) is 0 Å². The zero-order valence-corrected chi connectivity index (χ0v) is 8.48. The highest BCUT2D eigenvalue weighted by atomic mass is 32.1. The second-order valence-corrected chi connectivity index (χ2v) is 4.95. The Balaban J connectivity index is 1.88. The van der Waals surface area contributed by atoms with Gasteiger partial charge in [0.2, 0.25) is 0 Å². The Morgan fingerprint density at radius 3 is 2.85 bits per heavy atom. The first kappa shape index (κ1) is 8.95. The van der Waals surface area contributed by atoms with E-state index in [1.165, 1.54) is 17.6 Å². The summed E-state index contributed by atoms with van der Waals surface area (Å²) in [5.74, 6) is 0. The second kappa shape index (κ2) is 3.62. The molecular weight excluding hydrogens is 180 g/mol. The maximum absolute atomic E-state index is 10.9. The molecule has 1 fully saturated rings.